The Balaban J connectivity index is 1.84. The number of nitrogens with zero attached hydrogens (tertiary/aromatic N) is 3. The third kappa shape index (κ3) is 2.23. The summed E-state index contributed by atoms with van der Waals surface area (Å²) in [5.41, 5.74) is 3.02. The molecule has 0 saturated carbocycles. The Labute approximate surface area is 173 Å². The number of halogens is 2. The number of para-hydroxylation sites is 2. The summed E-state index contributed by atoms with van der Waals surface area (Å²) in [5.74, 6) is 0.796. The van der Waals surface area contributed by atoms with Gasteiger partial charge in [0.25, 0.3) is 0 Å². The number of aromatic nitrogens is 3. The predicted molar refractivity (Wildman–Crippen MR) is 119 cm³/mol. The minimum absolute atomic E-state index is 0.226. The summed E-state index contributed by atoms with van der Waals surface area (Å²) in [6.07, 6.45) is 0. The zero-order chi connectivity index (χ0) is 18.8. The first kappa shape index (κ1) is 16.3. The standard InChI is InChI=1S/C22H11Cl2N3S/c23-12-9-10-18-15(11-12)19-20(28-18)21(26-22(24)25-19)27-16-7-3-1-5-13(16)14-6-2-4-8-17(14)27/h1-11H. The molecule has 3 aromatic heterocycles. The molecule has 6 rings (SSSR count). The van der Waals surface area contributed by atoms with Gasteiger partial charge in [-0.25, -0.2) is 4.98 Å². The van der Waals surface area contributed by atoms with Crippen molar-refractivity contribution in [3.05, 3.63) is 77.0 Å². The molecule has 0 aliphatic carbocycles. The molecular weight excluding hydrogens is 409 g/mol. The maximum atomic E-state index is 6.38. The largest absolute Gasteiger partial charge is 0.292 e. The van der Waals surface area contributed by atoms with Crippen molar-refractivity contribution in [2.45, 2.75) is 0 Å². The SMILES string of the molecule is Clc1ccc2sc3c(-n4c5ccccc5c5ccccc54)nc(Cl)nc3c2c1. The highest BCUT2D eigenvalue weighted by molar-refractivity contribution is 7.26. The van der Waals surface area contributed by atoms with Crippen molar-refractivity contribution in [3.63, 3.8) is 0 Å². The van der Waals surface area contributed by atoms with Crippen molar-refractivity contribution in [3.8, 4) is 5.82 Å². The maximum absolute atomic E-state index is 6.38. The molecule has 0 aliphatic heterocycles. The molecule has 0 N–H and O–H groups in total. The molecule has 6 aromatic rings. The number of rotatable bonds is 1. The molecular formula is C22H11Cl2N3S. The van der Waals surface area contributed by atoms with Gasteiger partial charge in [0.15, 0.2) is 5.82 Å². The molecule has 28 heavy (non-hydrogen) atoms. The van der Waals surface area contributed by atoms with Crippen LogP contribution in [0.25, 0.3) is 47.9 Å². The Bertz CT molecular complexity index is 1490. The van der Waals surface area contributed by atoms with Crippen molar-refractivity contribution in [2.24, 2.45) is 0 Å². The predicted octanol–water partition coefficient (Wildman–Crippen LogP) is 7.25. The fourth-order valence-electron chi connectivity index (χ4n) is 3.88. The molecule has 0 saturated heterocycles. The lowest BCUT2D eigenvalue weighted by Crippen LogP contribution is -1.99. The first-order chi connectivity index (χ1) is 13.7. The van der Waals surface area contributed by atoms with Gasteiger partial charge in [-0.15, -0.1) is 11.3 Å². The minimum Gasteiger partial charge on any atom is -0.292 e. The second-order valence-electron chi connectivity index (χ2n) is 6.61. The van der Waals surface area contributed by atoms with Gasteiger partial charge in [0.2, 0.25) is 5.28 Å². The van der Waals surface area contributed by atoms with Crippen LogP contribution in [0, 0.1) is 0 Å². The van der Waals surface area contributed by atoms with Gasteiger partial charge in [-0.05, 0) is 41.9 Å². The quantitative estimate of drug-likeness (QED) is 0.262. The Morgan fingerprint density at radius 1 is 0.750 bits per heavy atom. The Kier molecular flexibility index (Phi) is 3.45. The number of hydrogen-bond acceptors (Lipinski definition) is 3. The van der Waals surface area contributed by atoms with Gasteiger partial charge in [-0.2, -0.15) is 4.98 Å². The van der Waals surface area contributed by atoms with Crippen LogP contribution in [-0.4, -0.2) is 14.5 Å². The Morgan fingerprint density at radius 3 is 2.14 bits per heavy atom. The van der Waals surface area contributed by atoms with Crippen LogP contribution in [-0.2, 0) is 0 Å². The van der Waals surface area contributed by atoms with Crippen LogP contribution < -0.4 is 0 Å². The molecule has 6 heteroatoms. The van der Waals surface area contributed by atoms with E-state index in [1.165, 1.54) is 10.8 Å². The summed E-state index contributed by atoms with van der Waals surface area (Å²) in [4.78, 5) is 9.18. The van der Waals surface area contributed by atoms with E-state index in [2.05, 4.69) is 50.9 Å². The van der Waals surface area contributed by atoms with Crippen molar-refractivity contribution in [1.82, 2.24) is 14.5 Å². The van der Waals surface area contributed by atoms with Gasteiger partial charge in [0.05, 0.1) is 21.3 Å². The smallest absolute Gasteiger partial charge is 0.225 e. The first-order valence-electron chi connectivity index (χ1n) is 8.74. The Hall–Kier alpha value is -2.66. The molecule has 0 radical (unpaired) electrons. The van der Waals surface area contributed by atoms with Crippen LogP contribution in [0.3, 0.4) is 0 Å². The Morgan fingerprint density at radius 2 is 1.43 bits per heavy atom. The fourth-order valence-corrected chi connectivity index (χ4v) is 5.32. The average molecular weight is 420 g/mol. The molecule has 0 bridgehead atoms. The summed E-state index contributed by atoms with van der Waals surface area (Å²) in [6.45, 7) is 0. The van der Waals surface area contributed by atoms with E-state index in [-0.39, 0.29) is 5.28 Å². The highest BCUT2D eigenvalue weighted by atomic mass is 35.5. The lowest BCUT2D eigenvalue weighted by atomic mass is 10.2. The molecule has 0 fully saturated rings. The zero-order valence-electron chi connectivity index (χ0n) is 14.4. The van der Waals surface area contributed by atoms with Gasteiger partial charge in [0, 0.05) is 25.9 Å². The van der Waals surface area contributed by atoms with Crippen LogP contribution >= 0.6 is 34.5 Å². The highest BCUT2D eigenvalue weighted by Gasteiger charge is 2.19. The number of hydrogen-bond donors (Lipinski definition) is 0. The van der Waals surface area contributed by atoms with Crippen molar-refractivity contribution >= 4 is 76.6 Å². The van der Waals surface area contributed by atoms with Gasteiger partial charge in [-0.3, -0.25) is 4.57 Å². The molecule has 3 nitrogen and oxygen atoms in total. The van der Waals surface area contributed by atoms with Crippen LogP contribution in [0.4, 0.5) is 0 Å². The number of fused-ring (bicyclic) bond motifs is 6. The van der Waals surface area contributed by atoms with Crippen LogP contribution in [0.5, 0.6) is 0 Å². The summed E-state index contributed by atoms with van der Waals surface area (Å²) in [5, 5.41) is 4.28. The van der Waals surface area contributed by atoms with Gasteiger partial charge in [-0.1, -0.05) is 48.0 Å². The summed E-state index contributed by atoms with van der Waals surface area (Å²) >= 11 is 14.3. The number of benzene rings is 3. The summed E-state index contributed by atoms with van der Waals surface area (Å²) < 4.78 is 4.28. The van der Waals surface area contributed by atoms with E-state index in [9.17, 15) is 0 Å². The fraction of sp³-hybridized carbons (Fsp3) is 0. The van der Waals surface area contributed by atoms with Crippen LogP contribution in [0.1, 0.15) is 0 Å². The normalized spacial score (nSPS) is 11.9. The maximum Gasteiger partial charge on any atom is 0.225 e. The average Bonchev–Trinajstić information content (AvgIpc) is 3.23. The third-order valence-corrected chi connectivity index (χ3v) is 6.58. The molecule has 0 amide bonds. The topological polar surface area (TPSA) is 30.7 Å². The third-order valence-electron chi connectivity index (χ3n) is 5.02. The van der Waals surface area contributed by atoms with E-state index >= 15 is 0 Å². The molecule has 0 aliphatic rings. The monoisotopic (exact) mass is 419 g/mol. The first-order valence-corrected chi connectivity index (χ1v) is 10.3. The van der Waals surface area contributed by atoms with Gasteiger partial charge < -0.3 is 0 Å². The van der Waals surface area contributed by atoms with Gasteiger partial charge >= 0.3 is 0 Å². The van der Waals surface area contributed by atoms with E-state index < -0.39 is 0 Å². The summed E-state index contributed by atoms with van der Waals surface area (Å²) in [7, 11) is 0. The van der Waals surface area contributed by atoms with E-state index in [0.717, 1.165) is 37.2 Å². The highest BCUT2D eigenvalue weighted by Crippen LogP contribution is 2.40. The van der Waals surface area contributed by atoms with E-state index in [0.29, 0.717) is 5.02 Å². The van der Waals surface area contributed by atoms with Crippen LogP contribution in [0.2, 0.25) is 10.3 Å². The van der Waals surface area contributed by atoms with Crippen molar-refractivity contribution in [2.75, 3.05) is 0 Å². The van der Waals surface area contributed by atoms with Crippen molar-refractivity contribution in [1.29, 1.82) is 0 Å². The second-order valence-corrected chi connectivity index (χ2v) is 8.43. The van der Waals surface area contributed by atoms with Gasteiger partial charge in [0.1, 0.15) is 0 Å². The van der Waals surface area contributed by atoms with Crippen LogP contribution in [0.15, 0.2) is 66.7 Å². The van der Waals surface area contributed by atoms with E-state index in [1.54, 1.807) is 11.3 Å². The molecule has 0 spiro atoms. The molecule has 3 heterocycles. The van der Waals surface area contributed by atoms with E-state index in [4.69, 9.17) is 23.2 Å². The molecule has 0 atom stereocenters. The second kappa shape index (κ2) is 5.92. The molecule has 3 aromatic carbocycles. The lowest BCUT2D eigenvalue weighted by molar-refractivity contribution is 1.08. The zero-order valence-corrected chi connectivity index (χ0v) is 16.7. The van der Waals surface area contributed by atoms with Crippen molar-refractivity contribution < 1.29 is 0 Å². The minimum atomic E-state index is 0.226. The lowest BCUT2D eigenvalue weighted by Gasteiger charge is -2.08. The van der Waals surface area contributed by atoms with E-state index in [1.807, 2.05) is 30.3 Å². The molecule has 0 unspecified atom stereocenters. The molecule has 134 valence electrons. The summed E-state index contributed by atoms with van der Waals surface area (Å²) in [6, 6.07) is 22.6. The number of thiophene rings is 1.